The van der Waals surface area contributed by atoms with E-state index in [1.165, 1.54) is 0 Å². The Balaban J connectivity index is 1.70. The van der Waals surface area contributed by atoms with Gasteiger partial charge in [-0.25, -0.2) is 0 Å². The predicted octanol–water partition coefficient (Wildman–Crippen LogP) is 0.772. The zero-order valence-corrected chi connectivity index (χ0v) is 21.9. The van der Waals surface area contributed by atoms with E-state index in [0.717, 1.165) is 39.4 Å². The molecule has 3 rings (SSSR count). The number of hydrogen-bond donors (Lipinski definition) is 4. The number of aliphatic hydroxyl groups is 2. The molecule has 9 nitrogen and oxygen atoms in total. The van der Waals surface area contributed by atoms with Crippen LogP contribution < -0.4 is 35.4 Å². The zero-order chi connectivity index (χ0) is 26.6. The van der Waals surface area contributed by atoms with E-state index in [9.17, 15) is 0 Å². The number of nitrogens with one attached hydrogen (secondary N) is 2. The summed E-state index contributed by atoms with van der Waals surface area (Å²) in [7, 11) is 3.22. The first kappa shape index (κ1) is 28.2. The molecule has 0 spiro atoms. The van der Waals surface area contributed by atoms with Crippen molar-refractivity contribution >= 4 is 12.2 Å². The Hall–Kier alpha value is -3.37. The molecule has 9 heteroatoms. The molecular formula is C28H38N4O5. The first-order valence-corrected chi connectivity index (χ1v) is 12.3. The molecule has 0 unspecified atom stereocenters. The fourth-order valence-electron chi connectivity index (χ4n) is 3.93. The van der Waals surface area contributed by atoms with Crippen LogP contribution in [0.2, 0.25) is 0 Å². The number of rotatable bonds is 15. The van der Waals surface area contributed by atoms with Crippen molar-refractivity contribution in [2.45, 2.75) is 26.6 Å². The Labute approximate surface area is 218 Å². The van der Waals surface area contributed by atoms with Crippen molar-refractivity contribution in [3.05, 3.63) is 69.9 Å². The molecule has 0 saturated carbocycles. The number of methoxy groups -OCH3 is 2. The van der Waals surface area contributed by atoms with Crippen LogP contribution in [-0.2, 0) is 19.6 Å². The van der Waals surface area contributed by atoms with Crippen molar-refractivity contribution in [2.75, 3.05) is 47.1 Å². The van der Waals surface area contributed by atoms with Crippen LogP contribution in [0.25, 0.3) is 12.2 Å². The Morgan fingerprint density at radius 1 is 0.946 bits per heavy atom. The summed E-state index contributed by atoms with van der Waals surface area (Å²) in [6.07, 6.45) is 1.82. The Morgan fingerprint density at radius 2 is 1.54 bits per heavy atom. The third kappa shape index (κ3) is 7.80. The maximum atomic E-state index is 9.03. The summed E-state index contributed by atoms with van der Waals surface area (Å²) in [6.45, 7) is 9.72. The average molecular weight is 511 g/mol. The average Bonchev–Trinajstić information content (AvgIpc) is 3.28. The molecule has 4 N–H and O–H groups in total. The van der Waals surface area contributed by atoms with Crippen LogP contribution in [-0.4, -0.2) is 67.1 Å². The summed E-state index contributed by atoms with van der Waals surface area (Å²) in [6, 6.07) is 12.0. The van der Waals surface area contributed by atoms with Crippen molar-refractivity contribution in [2.24, 2.45) is 0 Å². The third-order valence-corrected chi connectivity index (χ3v) is 6.01. The summed E-state index contributed by atoms with van der Waals surface area (Å²) in [5.74, 6) is 1.93. The minimum absolute atomic E-state index is 0.0575. The lowest BCUT2D eigenvalue weighted by Crippen LogP contribution is -2.30. The highest BCUT2D eigenvalue weighted by atomic mass is 16.5. The lowest BCUT2D eigenvalue weighted by molar-refractivity contribution is 0.290. The van der Waals surface area contributed by atoms with E-state index in [2.05, 4.69) is 46.6 Å². The van der Waals surface area contributed by atoms with Crippen LogP contribution in [0, 0.1) is 0 Å². The number of ether oxygens (including phenoxy) is 3. The van der Waals surface area contributed by atoms with Gasteiger partial charge in [-0.1, -0.05) is 30.8 Å². The van der Waals surface area contributed by atoms with Gasteiger partial charge in [0.25, 0.3) is 0 Å². The SMILES string of the molecule is C=c1/c(=C(\C)COc2cc(OC)c(CNCCO)c(OC)c2)cnn1Cc1ccc(CNCCO)cc1. The van der Waals surface area contributed by atoms with Crippen LogP contribution >= 0.6 is 0 Å². The molecule has 2 aromatic carbocycles. The molecule has 3 aromatic rings. The fourth-order valence-corrected chi connectivity index (χ4v) is 3.93. The first-order chi connectivity index (χ1) is 18.0. The van der Waals surface area contributed by atoms with E-state index in [-0.39, 0.29) is 13.2 Å². The van der Waals surface area contributed by atoms with Gasteiger partial charge in [-0.05, 0) is 23.6 Å². The summed E-state index contributed by atoms with van der Waals surface area (Å²) < 4.78 is 19.1. The van der Waals surface area contributed by atoms with Crippen molar-refractivity contribution in [1.29, 1.82) is 0 Å². The van der Waals surface area contributed by atoms with E-state index >= 15 is 0 Å². The van der Waals surface area contributed by atoms with Gasteiger partial charge in [-0.15, -0.1) is 0 Å². The van der Waals surface area contributed by atoms with Crippen molar-refractivity contribution in [3.63, 3.8) is 0 Å². The van der Waals surface area contributed by atoms with Gasteiger partial charge in [0.05, 0.1) is 51.1 Å². The number of hydrogen-bond acceptors (Lipinski definition) is 8. The van der Waals surface area contributed by atoms with Crippen LogP contribution in [0.5, 0.6) is 17.2 Å². The number of aliphatic hydroxyl groups excluding tert-OH is 2. The summed E-state index contributed by atoms with van der Waals surface area (Å²) in [4.78, 5) is 0. The highest BCUT2D eigenvalue weighted by molar-refractivity contribution is 5.51. The Bertz CT molecular complexity index is 1220. The molecule has 0 amide bonds. The topological polar surface area (TPSA) is 110 Å². The normalized spacial score (nSPS) is 11.9. The monoisotopic (exact) mass is 510 g/mol. The molecule has 37 heavy (non-hydrogen) atoms. The second-order valence-corrected chi connectivity index (χ2v) is 8.66. The standard InChI is InChI=1S/C28H38N4O5/c1-20(19-37-24-13-27(35-3)26(16-30-10-12-34)28(14-24)36-4)25-17-31-32(21(25)2)18-23-7-5-22(6-8-23)15-29-9-11-33/h5-8,13-14,17,29-30,33-34H,2,9-12,15-16,18-19H2,1,3-4H3/b25-20+. The Kier molecular flexibility index (Phi) is 11.0. The van der Waals surface area contributed by atoms with E-state index in [1.807, 2.05) is 29.9 Å². The number of nitrogens with zero attached hydrogens (tertiary/aromatic N) is 2. The molecule has 200 valence electrons. The van der Waals surface area contributed by atoms with Gasteiger partial charge in [0.2, 0.25) is 0 Å². The van der Waals surface area contributed by atoms with E-state index in [1.54, 1.807) is 14.2 Å². The lowest BCUT2D eigenvalue weighted by Gasteiger charge is -2.16. The van der Waals surface area contributed by atoms with Crippen molar-refractivity contribution in [3.8, 4) is 17.2 Å². The molecule has 0 bridgehead atoms. The highest BCUT2D eigenvalue weighted by Crippen LogP contribution is 2.34. The van der Waals surface area contributed by atoms with Crippen LogP contribution in [0.1, 0.15) is 23.6 Å². The van der Waals surface area contributed by atoms with Crippen molar-refractivity contribution in [1.82, 2.24) is 20.4 Å². The van der Waals surface area contributed by atoms with Crippen LogP contribution in [0.4, 0.5) is 0 Å². The van der Waals surface area contributed by atoms with Gasteiger partial charge < -0.3 is 35.1 Å². The third-order valence-electron chi connectivity index (χ3n) is 6.01. The van der Waals surface area contributed by atoms with E-state index < -0.39 is 0 Å². The molecule has 0 atom stereocenters. The molecule has 0 radical (unpaired) electrons. The molecule has 0 fully saturated rings. The second-order valence-electron chi connectivity index (χ2n) is 8.66. The maximum Gasteiger partial charge on any atom is 0.130 e. The molecule has 1 heterocycles. The minimum Gasteiger partial charge on any atom is -0.496 e. The lowest BCUT2D eigenvalue weighted by atomic mass is 10.1. The zero-order valence-electron chi connectivity index (χ0n) is 21.9. The van der Waals surface area contributed by atoms with Gasteiger partial charge in [-0.2, -0.15) is 5.10 Å². The quantitative estimate of drug-likeness (QED) is 0.222. The first-order valence-electron chi connectivity index (χ1n) is 12.3. The predicted molar refractivity (Wildman–Crippen MR) is 144 cm³/mol. The highest BCUT2D eigenvalue weighted by Gasteiger charge is 2.13. The van der Waals surface area contributed by atoms with Gasteiger partial charge in [0.1, 0.15) is 23.9 Å². The van der Waals surface area contributed by atoms with E-state index in [4.69, 9.17) is 24.4 Å². The minimum atomic E-state index is 0.0575. The van der Waals surface area contributed by atoms with Gasteiger partial charge in [0.15, 0.2) is 0 Å². The van der Waals surface area contributed by atoms with Crippen molar-refractivity contribution < 1.29 is 24.4 Å². The van der Waals surface area contributed by atoms with E-state index in [0.29, 0.717) is 50.0 Å². The van der Waals surface area contributed by atoms with Gasteiger partial charge in [0, 0.05) is 43.5 Å². The Morgan fingerprint density at radius 3 is 2.14 bits per heavy atom. The molecule has 0 aliphatic heterocycles. The summed E-state index contributed by atoms with van der Waals surface area (Å²) in [5.41, 5.74) is 4.17. The van der Waals surface area contributed by atoms with Crippen LogP contribution in [0.15, 0.2) is 42.6 Å². The van der Waals surface area contributed by atoms with Gasteiger partial charge in [-0.3, -0.25) is 4.68 Å². The smallest absolute Gasteiger partial charge is 0.130 e. The number of aromatic nitrogens is 2. The molecule has 0 aliphatic rings. The fraction of sp³-hybridized carbons (Fsp3) is 0.393. The molecule has 0 saturated heterocycles. The summed E-state index contributed by atoms with van der Waals surface area (Å²) >= 11 is 0. The molecule has 1 aromatic heterocycles. The largest absolute Gasteiger partial charge is 0.496 e. The molecule has 0 aliphatic carbocycles. The van der Waals surface area contributed by atoms with Gasteiger partial charge >= 0.3 is 0 Å². The molecular weight excluding hydrogens is 472 g/mol. The number of benzene rings is 2. The maximum absolute atomic E-state index is 9.03. The summed E-state index contributed by atoms with van der Waals surface area (Å²) in [5, 5.41) is 30.6. The second kappa shape index (κ2) is 14.4. The van der Waals surface area contributed by atoms with Crippen LogP contribution in [0.3, 0.4) is 0 Å².